The molecule has 0 saturated carbocycles. The van der Waals surface area contributed by atoms with Gasteiger partial charge in [0.2, 0.25) is 0 Å². The Hall–Kier alpha value is -2.10. The quantitative estimate of drug-likeness (QED) is 0.849. The van der Waals surface area contributed by atoms with Gasteiger partial charge in [-0.3, -0.25) is 5.73 Å². The van der Waals surface area contributed by atoms with E-state index in [1.165, 1.54) is 16.7 Å². The molecule has 0 bridgehead atoms. The van der Waals surface area contributed by atoms with Gasteiger partial charge in [0.25, 0.3) is 0 Å². The molecule has 4 rings (SSSR count). The van der Waals surface area contributed by atoms with Crippen LogP contribution in [-0.2, 0) is 6.42 Å². The van der Waals surface area contributed by atoms with Crippen LogP contribution in [0.1, 0.15) is 23.1 Å². The molecule has 3 nitrogen and oxygen atoms in total. The lowest BCUT2D eigenvalue weighted by Gasteiger charge is -2.31. The van der Waals surface area contributed by atoms with E-state index in [1.807, 2.05) is 24.3 Å². The zero-order valence-corrected chi connectivity index (χ0v) is 12.8. The van der Waals surface area contributed by atoms with Crippen molar-refractivity contribution in [3.8, 4) is 0 Å². The van der Waals surface area contributed by atoms with Gasteiger partial charge < -0.3 is 5.32 Å². The molecule has 4 heteroatoms. The second-order valence-electron chi connectivity index (χ2n) is 5.58. The Balaban J connectivity index is 1.86. The van der Waals surface area contributed by atoms with Crippen LogP contribution < -0.4 is 11.1 Å². The maximum atomic E-state index is 6.10. The Morgan fingerprint density at radius 1 is 1.05 bits per heavy atom. The number of nitrogens with one attached hydrogen (secondary N) is 1. The van der Waals surface area contributed by atoms with Crippen LogP contribution in [0.3, 0.4) is 0 Å². The smallest absolute Gasteiger partial charge is 0.171 e. The van der Waals surface area contributed by atoms with Gasteiger partial charge >= 0.3 is 0 Å². The summed E-state index contributed by atoms with van der Waals surface area (Å²) >= 11 is 5.99. The van der Waals surface area contributed by atoms with Gasteiger partial charge in [0.05, 0.1) is 5.71 Å². The van der Waals surface area contributed by atoms with Gasteiger partial charge in [-0.2, -0.15) is 0 Å². The second-order valence-corrected chi connectivity index (χ2v) is 6.02. The van der Waals surface area contributed by atoms with Crippen LogP contribution in [0.4, 0.5) is 0 Å². The molecule has 1 aliphatic heterocycles. The lowest BCUT2D eigenvalue weighted by molar-refractivity contribution is 0.638. The highest BCUT2D eigenvalue weighted by Gasteiger charge is 2.27. The molecule has 0 spiro atoms. The normalized spacial score (nSPS) is 19.9. The number of allylic oxidation sites excluding steroid dienone is 1. The number of aryl methyl sites for hydroxylation is 1. The number of halogens is 1. The average Bonchev–Trinajstić information content (AvgIpc) is 2.55. The first-order chi connectivity index (χ1) is 10.7. The number of benzene rings is 2. The molecule has 1 aliphatic carbocycles. The van der Waals surface area contributed by atoms with Crippen LogP contribution in [0.25, 0.3) is 5.70 Å². The first-order valence-corrected chi connectivity index (χ1v) is 7.78. The number of hydrogen-bond donors (Lipinski definition) is 2. The largest absolute Gasteiger partial charge is 0.351 e. The summed E-state index contributed by atoms with van der Waals surface area (Å²) in [7, 11) is 0. The predicted octanol–water partition coefficient (Wildman–Crippen LogP) is 3.33. The molecule has 0 fully saturated rings. The summed E-state index contributed by atoms with van der Waals surface area (Å²) in [4.78, 5) is 4.62. The van der Waals surface area contributed by atoms with Gasteiger partial charge in [-0.25, -0.2) is 4.99 Å². The van der Waals surface area contributed by atoms with Crippen molar-refractivity contribution in [1.82, 2.24) is 5.32 Å². The number of nitrogens with zero attached hydrogens (tertiary/aromatic N) is 1. The third kappa shape index (κ3) is 2.23. The van der Waals surface area contributed by atoms with Crippen molar-refractivity contribution in [2.45, 2.75) is 19.1 Å². The first kappa shape index (κ1) is 13.6. The van der Waals surface area contributed by atoms with Gasteiger partial charge in [0, 0.05) is 27.4 Å². The molecule has 3 N–H and O–H groups in total. The highest BCUT2D eigenvalue weighted by Crippen LogP contribution is 2.34. The predicted molar refractivity (Wildman–Crippen MR) is 90.8 cm³/mol. The van der Waals surface area contributed by atoms with E-state index in [-0.39, 0.29) is 0 Å². The molecule has 0 unspecified atom stereocenters. The van der Waals surface area contributed by atoms with Crippen molar-refractivity contribution in [2.24, 2.45) is 10.7 Å². The fourth-order valence-corrected chi connectivity index (χ4v) is 3.31. The Kier molecular flexibility index (Phi) is 3.25. The van der Waals surface area contributed by atoms with Crippen LogP contribution in [0, 0.1) is 0 Å². The number of rotatable bonds is 1. The van der Waals surface area contributed by atoms with E-state index in [2.05, 4.69) is 34.6 Å². The summed E-state index contributed by atoms with van der Waals surface area (Å²) < 4.78 is 0. The van der Waals surface area contributed by atoms with E-state index in [0.29, 0.717) is 0 Å². The van der Waals surface area contributed by atoms with Gasteiger partial charge in [-0.1, -0.05) is 48.0 Å². The molecule has 0 amide bonds. The summed E-state index contributed by atoms with van der Waals surface area (Å²) in [5.41, 5.74) is 13.1. The van der Waals surface area contributed by atoms with Gasteiger partial charge in [-0.05, 0) is 30.5 Å². The van der Waals surface area contributed by atoms with Crippen molar-refractivity contribution < 1.29 is 0 Å². The number of nitrogens with two attached hydrogens (primary N) is 1. The number of hydrogen-bond acceptors (Lipinski definition) is 3. The Morgan fingerprint density at radius 2 is 1.82 bits per heavy atom. The van der Waals surface area contributed by atoms with E-state index in [0.717, 1.165) is 34.8 Å². The maximum Gasteiger partial charge on any atom is 0.171 e. The van der Waals surface area contributed by atoms with E-state index < -0.39 is 6.29 Å². The van der Waals surface area contributed by atoms with Crippen molar-refractivity contribution in [3.05, 3.63) is 75.8 Å². The highest BCUT2D eigenvalue weighted by atomic mass is 35.5. The van der Waals surface area contributed by atoms with Crippen LogP contribution in [0.15, 0.2) is 59.1 Å². The molecule has 2 aliphatic rings. The fraction of sp³-hybridized carbons (Fsp3) is 0.167. The SMILES string of the molecule is N[C@H]1N=C(c2ccc(Cl)cc2)C2=C(N1)c1ccccc1CC2. The summed E-state index contributed by atoms with van der Waals surface area (Å²) in [5, 5.41) is 4.06. The zero-order chi connectivity index (χ0) is 15.1. The summed E-state index contributed by atoms with van der Waals surface area (Å²) in [6, 6.07) is 16.3. The van der Waals surface area contributed by atoms with Crippen LogP contribution in [-0.4, -0.2) is 12.0 Å². The molecular weight excluding hydrogens is 294 g/mol. The van der Waals surface area contributed by atoms with E-state index in [9.17, 15) is 0 Å². The Morgan fingerprint density at radius 3 is 2.64 bits per heavy atom. The third-order valence-corrected chi connectivity index (χ3v) is 4.45. The third-order valence-electron chi connectivity index (χ3n) is 4.20. The minimum Gasteiger partial charge on any atom is -0.351 e. The van der Waals surface area contributed by atoms with Crippen LogP contribution in [0.5, 0.6) is 0 Å². The molecule has 0 radical (unpaired) electrons. The van der Waals surface area contributed by atoms with Crippen molar-refractivity contribution in [2.75, 3.05) is 0 Å². The van der Waals surface area contributed by atoms with Gasteiger partial charge in [-0.15, -0.1) is 0 Å². The molecule has 2 aromatic rings. The minimum absolute atomic E-state index is 0.421. The molecule has 0 aromatic heterocycles. The standard InChI is InChI=1S/C18H16ClN3/c19-13-8-5-12(6-9-13)16-15-10-7-11-3-1-2-4-14(11)17(15)22-18(20)21-16/h1-6,8-9,18,22H,7,10,20H2/t18-/m0/s1. The van der Waals surface area contributed by atoms with E-state index in [4.69, 9.17) is 17.3 Å². The highest BCUT2D eigenvalue weighted by molar-refractivity contribution is 6.30. The van der Waals surface area contributed by atoms with E-state index >= 15 is 0 Å². The molecule has 1 atom stereocenters. The van der Waals surface area contributed by atoms with Gasteiger partial charge in [0.15, 0.2) is 6.29 Å². The molecule has 2 aromatic carbocycles. The summed E-state index contributed by atoms with van der Waals surface area (Å²) in [6.45, 7) is 0. The lowest BCUT2D eigenvalue weighted by atomic mass is 9.84. The van der Waals surface area contributed by atoms with Crippen molar-refractivity contribution in [1.29, 1.82) is 0 Å². The van der Waals surface area contributed by atoms with Gasteiger partial charge in [0.1, 0.15) is 0 Å². The monoisotopic (exact) mass is 309 g/mol. The number of aliphatic imine (C=N–C) groups is 1. The van der Waals surface area contributed by atoms with Crippen molar-refractivity contribution >= 4 is 23.0 Å². The van der Waals surface area contributed by atoms with Crippen LogP contribution >= 0.6 is 11.6 Å². The van der Waals surface area contributed by atoms with Crippen LogP contribution in [0.2, 0.25) is 5.02 Å². The minimum atomic E-state index is -0.421. The number of fused-ring (bicyclic) bond motifs is 2. The topological polar surface area (TPSA) is 50.4 Å². The Labute approximate surface area is 134 Å². The molecule has 110 valence electrons. The summed E-state index contributed by atoms with van der Waals surface area (Å²) in [5.74, 6) is 0. The Bertz CT molecular complexity index is 790. The summed E-state index contributed by atoms with van der Waals surface area (Å²) in [6.07, 6.45) is 1.57. The second kappa shape index (κ2) is 5.27. The van der Waals surface area contributed by atoms with E-state index in [1.54, 1.807) is 0 Å². The molecular formula is C18H16ClN3. The molecule has 1 heterocycles. The fourth-order valence-electron chi connectivity index (χ4n) is 3.18. The lowest BCUT2D eigenvalue weighted by Crippen LogP contribution is -2.41. The average molecular weight is 310 g/mol. The van der Waals surface area contributed by atoms with Crippen molar-refractivity contribution in [3.63, 3.8) is 0 Å². The maximum absolute atomic E-state index is 6.10. The molecule has 0 saturated heterocycles. The zero-order valence-electron chi connectivity index (χ0n) is 12.0. The molecule has 22 heavy (non-hydrogen) atoms. The first-order valence-electron chi connectivity index (χ1n) is 7.40.